The van der Waals surface area contributed by atoms with E-state index in [4.69, 9.17) is 14.2 Å². The quantitative estimate of drug-likeness (QED) is 0.611. The molecule has 1 saturated heterocycles. The van der Waals surface area contributed by atoms with Crippen molar-refractivity contribution in [1.29, 1.82) is 0 Å². The predicted octanol–water partition coefficient (Wildman–Crippen LogP) is 1.29. The molecule has 1 aliphatic heterocycles. The minimum Gasteiger partial charge on any atom is -0.493 e. The van der Waals surface area contributed by atoms with Gasteiger partial charge in [-0.3, -0.25) is 9.59 Å². The highest BCUT2D eigenvalue weighted by atomic mass is 19.1. The zero-order valence-corrected chi connectivity index (χ0v) is 18.8. The molecule has 0 aromatic heterocycles. The smallest absolute Gasteiger partial charge is 0.252 e. The third-order valence-electron chi connectivity index (χ3n) is 5.50. The van der Waals surface area contributed by atoms with E-state index in [1.807, 2.05) is 4.90 Å². The van der Waals surface area contributed by atoms with Crippen molar-refractivity contribution in [2.24, 2.45) is 0 Å². The number of piperazine rings is 1. The van der Waals surface area contributed by atoms with Gasteiger partial charge in [-0.2, -0.15) is 0 Å². The highest BCUT2D eigenvalue weighted by molar-refractivity contribution is 5.98. The van der Waals surface area contributed by atoms with Gasteiger partial charge in [0.2, 0.25) is 11.7 Å². The number of benzene rings is 2. The first-order valence-electron chi connectivity index (χ1n) is 10.4. The Labute approximate surface area is 191 Å². The number of amides is 2. The number of carbonyl (C=O) groups excluding carboxylic acids is 2. The number of aliphatic hydroxyl groups is 1. The fourth-order valence-electron chi connectivity index (χ4n) is 3.70. The number of hydrogen-bond donors (Lipinski definition) is 2. The van der Waals surface area contributed by atoms with Crippen LogP contribution in [0.4, 0.5) is 10.1 Å². The first kappa shape index (κ1) is 24.1. The molecule has 0 spiro atoms. The van der Waals surface area contributed by atoms with Crippen LogP contribution in [0.3, 0.4) is 0 Å². The molecule has 0 radical (unpaired) electrons. The number of methoxy groups -OCH3 is 3. The van der Waals surface area contributed by atoms with Gasteiger partial charge in [-0.25, -0.2) is 4.39 Å². The topological polar surface area (TPSA) is 101 Å². The number of anilines is 1. The van der Waals surface area contributed by atoms with Crippen molar-refractivity contribution in [1.82, 2.24) is 10.2 Å². The number of nitrogens with zero attached hydrogens (tertiary/aromatic N) is 2. The molecule has 2 N–H and O–H groups in total. The summed E-state index contributed by atoms with van der Waals surface area (Å²) in [5.41, 5.74) is 1.06. The molecule has 2 amide bonds. The average molecular weight is 461 g/mol. The number of ether oxygens (including phenoxy) is 3. The molecule has 9 nitrogen and oxygen atoms in total. The van der Waals surface area contributed by atoms with Gasteiger partial charge in [0.1, 0.15) is 11.9 Å². The standard InChI is InChI=1S/C23H28FN3O6/c1-31-19-12-15(13-20(32-2)21(19)33-3)22(29)25-18(14-28)23(30)27-10-8-26(9-11-27)17-6-4-16(24)5-7-17/h4-7,12-13,18,28H,8-11,14H2,1-3H3,(H,25,29)/t18-/m0/s1. The number of halogens is 1. The average Bonchev–Trinajstić information content (AvgIpc) is 2.86. The molecular formula is C23H28FN3O6. The Bertz CT molecular complexity index is 952. The lowest BCUT2D eigenvalue weighted by molar-refractivity contribution is -0.134. The van der Waals surface area contributed by atoms with Gasteiger partial charge in [0.25, 0.3) is 5.91 Å². The lowest BCUT2D eigenvalue weighted by atomic mass is 10.1. The molecule has 1 aliphatic rings. The molecule has 3 rings (SSSR count). The Balaban J connectivity index is 1.65. The minimum absolute atomic E-state index is 0.192. The summed E-state index contributed by atoms with van der Waals surface area (Å²) in [6.45, 7) is 1.37. The summed E-state index contributed by atoms with van der Waals surface area (Å²) in [5.74, 6) is -0.313. The maximum Gasteiger partial charge on any atom is 0.252 e. The normalized spacial score (nSPS) is 14.5. The molecule has 2 aromatic rings. The van der Waals surface area contributed by atoms with E-state index in [1.165, 1.54) is 45.6 Å². The van der Waals surface area contributed by atoms with Crippen LogP contribution in [0.25, 0.3) is 0 Å². The highest BCUT2D eigenvalue weighted by Gasteiger charge is 2.29. The summed E-state index contributed by atoms with van der Waals surface area (Å²) in [4.78, 5) is 29.4. The maximum atomic E-state index is 13.1. The molecule has 33 heavy (non-hydrogen) atoms. The van der Waals surface area contributed by atoms with Crippen LogP contribution in [0, 0.1) is 5.82 Å². The minimum atomic E-state index is -1.10. The van der Waals surface area contributed by atoms with Gasteiger partial charge in [0.05, 0.1) is 27.9 Å². The summed E-state index contributed by atoms with van der Waals surface area (Å²) in [5, 5.41) is 12.4. The first-order valence-corrected chi connectivity index (χ1v) is 10.4. The van der Waals surface area contributed by atoms with Crippen molar-refractivity contribution in [2.75, 3.05) is 59.0 Å². The molecule has 2 aromatic carbocycles. The molecule has 178 valence electrons. The molecule has 1 fully saturated rings. The summed E-state index contributed by atoms with van der Waals surface area (Å²) < 4.78 is 28.9. The largest absolute Gasteiger partial charge is 0.493 e. The number of hydrogen-bond acceptors (Lipinski definition) is 7. The van der Waals surface area contributed by atoms with Crippen LogP contribution in [-0.2, 0) is 4.79 Å². The van der Waals surface area contributed by atoms with E-state index in [0.717, 1.165) is 5.69 Å². The third-order valence-corrected chi connectivity index (χ3v) is 5.50. The Morgan fingerprint density at radius 2 is 1.58 bits per heavy atom. The second-order valence-corrected chi connectivity index (χ2v) is 7.41. The summed E-state index contributed by atoms with van der Waals surface area (Å²) in [6.07, 6.45) is 0. The summed E-state index contributed by atoms with van der Waals surface area (Å²) >= 11 is 0. The van der Waals surface area contributed by atoms with E-state index in [2.05, 4.69) is 5.32 Å². The van der Waals surface area contributed by atoms with Crippen molar-refractivity contribution in [3.8, 4) is 17.2 Å². The third kappa shape index (κ3) is 5.46. The Morgan fingerprint density at radius 1 is 1.00 bits per heavy atom. The van der Waals surface area contributed by atoms with Crippen molar-refractivity contribution in [3.63, 3.8) is 0 Å². The second kappa shape index (κ2) is 10.9. The number of aliphatic hydroxyl groups excluding tert-OH is 1. The summed E-state index contributed by atoms with van der Waals surface area (Å²) in [6, 6.07) is 8.02. The predicted molar refractivity (Wildman–Crippen MR) is 120 cm³/mol. The van der Waals surface area contributed by atoms with Gasteiger partial charge in [0.15, 0.2) is 11.5 Å². The van der Waals surface area contributed by atoms with E-state index < -0.39 is 18.6 Å². The van der Waals surface area contributed by atoms with Crippen molar-refractivity contribution < 1.29 is 33.3 Å². The molecule has 0 aliphatic carbocycles. The summed E-state index contributed by atoms with van der Waals surface area (Å²) in [7, 11) is 4.33. The van der Waals surface area contributed by atoms with E-state index in [0.29, 0.717) is 43.4 Å². The molecule has 1 atom stereocenters. The van der Waals surface area contributed by atoms with Crippen LogP contribution >= 0.6 is 0 Å². The van der Waals surface area contributed by atoms with Crippen LogP contribution < -0.4 is 24.4 Å². The van der Waals surface area contributed by atoms with Crippen molar-refractivity contribution >= 4 is 17.5 Å². The van der Waals surface area contributed by atoms with E-state index >= 15 is 0 Å². The zero-order valence-electron chi connectivity index (χ0n) is 18.8. The molecular weight excluding hydrogens is 433 g/mol. The maximum absolute atomic E-state index is 13.1. The Kier molecular flexibility index (Phi) is 7.94. The van der Waals surface area contributed by atoms with Crippen LogP contribution in [0.5, 0.6) is 17.2 Å². The van der Waals surface area contributed by atoms with Gasteiger partial charge in [-0.05, 0) is 36.4 Å². The second-order valence-electron chi connectivity index (χ2n) is 7.41. The number of nitrogens with one attached hydrogen (secondary N) is 1. The SMILES string of the molecule is COc1cc(C(=O)N[C@@H](CO)C(=O)N2CCN(c3ccc(F)cc3)CC2)cc(OC)c1OC. The Hall–Kier alpha value is -3.53. The van der Waals surface area contributed by atoms with Gasteiger partial charge < -0.3 is 34.4 Å². The van der Waals surface area contributed by atoms with Gasteiger partial charge in [0, 0.05) is 37.4 Å². The fraction of sp³-hybridized carbons (Fsp3) is 0.391. The van der Waals surface area contributed by atoms with E-state index in [1.54, 1.807) is 17.0 Å². The number of carbonyl (C=O) groups is 2. The number of rotatable bonds is 8. The van der Waals surface area contributed by atoms with Gasteiger partial charge in [-0.1, -0.05) is 0 Å². The molecule has 10 heteroatoms. The zero-order chi connectivity index (χ0) is 24.0. The van der Waals surface area contributed by atoms with Crippen LogP contribution in [0.1, 0.15) is 10.4 Å². The van der Waals surface area contributed by atoms with Crippen LogP contribution in [0.15, 0.2) is 36.4 Å². The van der Waals surface area contributed by atoms with E-state index in [9.17, 15) is 19.1 Å². The lowest BCUT2D eigenvalue weighted by Gasteiger charge is -2.37. The van der Waals surface area contributed by atoms with Crippen molar-refractivity contribution in [3.05, 3.63) is 47.8 Å². The van der Waals surface area contributed by atoms with Crippen LogP contribution in [-0.4, -0.2) is 82.0 Å². The van der Waals surface area contributed by atoms with Gasteiger partial charge >= 0.3 is 0 Å². The van der Waals surface area contributed by atoms with Crippen molar-refractivity contribution in [2.45, 2.75) is 6.04 Å². The molecule has 0 bridgehead atoms. The van der Waals surface area contributed by atoms with Crippen LogP contribution in [0.2, 0.25) is 0 Å². The molecule has 0 saturated carbocycles. The monoisotopic (exact) mass is 461 g/mol. The Morgan fingerprint density at radius 3 is 2.06 bits per heavy atom. The molecule has 0 unspecified atom stereocenters. The van der Waals surface area contributed by atoms with E-state index in [-0.39, 0.29) is 17.3 Å². The van der Waals surface area contributed by atoms with Gasteiger partial charge in [-0.15, -0.1) is 0 Å². The first-order chi connectivity index (χ1) is 15.9. The molecule has 1 heterocycles. The lowest BCUT2D eigenvalue weighted by Crippen LogP contribution is -2.56. The highest BCUT2D eigenvalue weighted by Crippen LogP contribution is 2.38. The fourth-order valence-corrected chi connectivity index (χ4v) is 3.70.